The summed E-state index contributed by atoms with van der Waals surface area (Å²) in [4.78, 5) is 4.57. The largest absolute Gasteiger partial charge is 0.229 e. The Labute approximate surface area is 112 Å². The van der Waals surface area contributed by atoms with Crippen LogP contribution in [0.2, 0.25) is 0 Å². The van der Waals surface area contributed by atoms with Crippen molar-refractivity contribution in [3.05, 3.63) is 35.7 Å². The quantitative estimate of drug-likeness (QED) is 0.735. The number of nitrogens with zero attached hydrogens (tertiary/aromatic N) is 5. The van der Waals surface area contributed by atoms with Gasteiger partial charge < -0.3 is 0 Å². The van der Waals surface area contributed by atoms with Gasteiger partial charge in [-0.25, -0.2) is 9.67 Å². The van der Waals surface area contributed by atoms with Crippen molar-refractivity contribution < 1.29 is 0 Å². The lowest BCUT2D eigenvalue weighted by Gasteiger charge is -1.95. The Hall–Kier alpha value is -1.73. The van der Waals surface area contributed by atoms with Crippen LogP contribution in [0.5, 0.6) is 0 Å². The van der Waals surface area contributed by atoms with Crippen molar-refractivity contribution >= 4 is 23.1 Å². The van der Waals surface area contributed by atoms with Crippen LogP contribution in [0.4, 0.5) is 0 Å². The Balaban J connectivity index is 1.84. The number of aryl methyl sites for hydroxylation is 1. The second-order valence-electron chi connectivity index (χ2n) is 3.55. The molecule has 0 N–H and O–H groups in total. The highest BCUT2D eigenvalue weighted by atomic mass is 32.2. The van der Waals surface area contributed by atoms with Gasteiger partial charge in [0.25, 0.3) is 0 Å². The number of aromatic nitrogens is 5. The van der Waals surface area contributed by atoms with Crippen molar-refractivity contribution in [1.29, 1.82) is 0 Å². The lowest BCUT2D eigenvalue weighted by molar-refractivity contribution is 0.664. The molecule has 0 amide bonds. The molecule has 0 bridgehead atoms. The number of tetrazole rings is 1. The van der Waals surface area contributed by atoms with Crippen LogP contribution in [0.25, 0.3) is 11.3 Å². The molecule has 1 aromatic carbocycles. The minimum absolute atomic E-state index is 0.740. The Morgan fingerprint density at radius 2 is 2.06 bits per heavy atom. The summed E-state index contributed by atoms with van der Waals surface area (Å²) < 4.78 is 2.57. The molecule has 5 nitrogen and oxygen atoms in total. The predicted octanol–water partition coefficient (Wildman–Crippen LogP) is 2.48. The molecule has 18 heavy (non-hydrogen) atoms. The summed E-state index contributed by atoms with van der Waals surface area (Å²) >= 11 is 3.06. The Morgan fingerprint density at radius 1 is 1.22 bits per heavy atom. The highest BCUT2D eigenvalue weighted by Crippen LogP contribution is 2.31. The lowest BCUT2D eigenvalue weighted by Crippen LogP contribution is -1.92. The molecule has 0 unspecified atom stereocenters. The molecule has 0 aliphatic carbocycles. The van der Waals surface area contributed by atoms with Crippen LogP contribution in [-0.4, -0.2) is 25.2 Å². The van der Waals surface area contributed by atoms with E-state index in [2.05, 4.69) is 20.5 Å². The molecule has 2 heterocycles. The molecule has 0 radical (unpaired) electrons. The molecule has 0 spiro atoms. The fourth-order valence-corrected chi connectivity index (χ4v) is 3.09. The van der Waals surface area contributed by atoms with Crippen molar-refractivity contribution in [3.8, 4) is 11.3 Å². The predicted molar refractivity (Wildman–Crippen MR) is 70.5 cm³/mol. The van der Waals surface area contributed by atoms with Gasteiger partial charge in [-0.3, -0.25) is 0 Å². The summed E-state index contributed by atoms with van der Waals surface area (Å²) in [5.41, 5.74) is 2.11. The Morgan fingerprint density at radius 3 is 2.78 bits per heavy atom. The van der Waals surface area contributed by atoms with Gasteiger partial charge in [-0.1, -0.05) is 30.3 Å². The van der Waals surface area contributed by atoms with E-state index in [1.165, 1.54) is 11.8 Å². The molecule has 0 saturated carbocycles. The second-order valence-corrected chi connectivity index (χ2v) is 5.62. The van der Waals surface area contributed by atoms with Gasteiger partial charge in [-0.15, -0.1) is 16.4 Å². The van der Waals surface area contributed by atoms with E-state index in [1.807, 2.05) is 42.8 Å². The van der Waals surface area contributed by atoms with Crippen molar-refractivity contribution in [2.24, 2.45) is 7.05 Å². The Kier molecular flexibility index (Phi) is 3.07. The molecular weight excluding hydrogens is 266 g/mol. The van der Waals surface area contributed by atoms with Crippen molar-refractivity contribution in [2.45, 2.75) is 9.50 Å². The maximum atomic E-state index is 4.57. The third-order valence-electron chi connectivity index (χ3n) is 2.31. The highest BCUT2D eigenvalue weighted by molar-refractivity contribution is 8.00. The molecule has 3 rings (SSSR count). The Bertz CT molecular complexity index is 646. The van der Waals surface area contributed by atoms with Gasteiger partial charge in [-0.2, -0.15) is 0 Å². The molecule has 0 fully saturated rings. The first-order chi connectivity index (χ1) is 8.83. The number of hydrogen-bond donors (Lipinski definition) is 0. The molecule has 7 heteroatoms. The standard InChI is InChI=1S/C11H9N5S2/c1-16-10(13-14-15-16)18-11-12-9(7-17-11)8-5-3-2-4-6-8/h2-7H,1H3. The fraction of sp³-hybridized carbons (Fsp3) is 0.0909. The van der Waals surface area contributed by atoms with E-state index in [0.29, 0.717) is 0 Å². The topological polar surface area (TPSA) is 56.5 Å². The fourth-order valence-electron chi connectivity index (χ4n) is 1.43. The molecule has 0 aliphatic rings. The zero-order valence-electron chi connectivity index (χ0n) is 9.52. The molecule has 0 aliphatic heterocycles. The van der Waals surface area contributed by atoms with Crippen LogP contribution in [0.3, 0.4) is 0 Å². The molecule has 3 aromatic rings. The van der Waals surface area contributed by atoms with Gasteiger partial charge in [0, 0.05) is 18.0 Å². The van der Waals surface area contributed by atoms with Gasteiger partial charge in [-0.05, 0) is 22.2 Å². The first kappa shape index (κ1) is 11.4. The molecular formula is C11H9N5S2. The summed E-state index contributed by atoms with van der Waals surface area (Å²) in [6, 6.07) is 10.1. The number of thiazole rings is 1. The zero-order valence-corrected chi connectivity index (χ0v) is 11.1. The monoisotopic (exact) mass is 275 g/mol. The molecule has 2 aromatic heterocycles. The summed E-state index contributed by atoms with van der Waals surface area (Å²) in [5.74, 6) is 0. The normalized spacial score (nSPS) is 10.7. The summed E-state index contributed by atoms with van der Waals surface area (Å²) in [6.07, 6.45) is 0. The van der Waals surface area contributed by atoms with Crippen LogP contribution in [0.15, 0.2) is 45.2 Å². The van der Waals surface area contributed by atoms with Gasteiger partial charge in [0.1, 0.15) is 0 Å². The van der Waals surface area contributed by atoms with E-state index in [4.69, 9.17) is 0 Å². The third-order valence-corrected chi connectivity index (χ3v) is 4.28. The van der Waals surface area contributed by atoms with E-state index in [1.54, 1.807) is 16.0 Å². The van der Waals surface area contributed by atoms with Crippen LogP contribution in [0.1, 0.15) is 0 Å². The lowest BCUT2D eigenvalue weighted by atomic mass is 10.2. The minimum atomic E-state index is 0.740. The second kappa shape index (κ2) is 4.87. The third kappa shape index (κ3) is 2.27. The molecule has 0 saturated heterocycles. The number of rotatable bonds is 3. The SMILES string of the molecule is Cn1nnnc1Sc1nc(-c2ccccc2)cs1. The smallest absolute Gasteiger partial charge is 0.216 e. The maximum absolute atomic E-state index is 4.57. The molecule has 0 atom stereocenters. The first-order valence-electron chi connectivity index (χ1n) is 5.24. The summed E-state index contributed by atoms with van der Waals surface area (Å²) in [7, 11) is 1.81. The average molecular weight is 275 g/mol. The first-order valence-corrected chi connectivity index (χ1v) is 6.94. The van der Waals surface area contributed by atoms with Crippen molar-refractivity contribution in [3.63, 3.8) is 0 Å². The van der Waals surface area contributed by atoms with Gasteiger partial charge >= 0.3 is 0 Å². The zero-order chi connectivity index (χ0) is 12.4. The number of benzene rings is 1. The van der Waals surface area contributed by atoms with Gasteiger partial charge in [0.05, 0.1) is 5.69 Å². The summed E-state index contributed by atoms with van der Waals surface area (Å²) in [5, 5.41) is 14.1. The van der Waals surface area contributed by atoms with Crippen LogP contribution in [0, 0.1) is 0 Å². The minimum Gasteiger partial charge on any atom is -0.229 e. The number of hydrogen-bond acceptors (Lipinski definition) is 6. The van der Waals surface area contributed by atoms with Crippen LogP contribution >= 0.6 is 23.1 Å². The highest BCUT2D eigenvalue weighted by Gasteiger charge is 2.09. The maximum Gasteiger partial charge on any atom is 0.216 e. The van der Waals surface area contributed by atoms with Crippen LogP contribution < -0.4 is 0 Å². The summed E-state index contributed by atoms with van der Waals surface area (Å²) in [6.45, 7) is 0. The van der Waals surface area contributed by atoms with E-state index < -0.39 is 0 Å². The van der Waals surface area contributed by atoms with E-state index in [-0.39, 0.29) is 0 Å². The molecule has 90 valence electrons. The van der Waals surface area contributed by atoms with Crippen molar-refractivity contribution in [2.75, 3.05) is 0 Å². The van der Waals surface area contributed by atoms with Gasteiger partial charge in [0.15, 0.2) is 4.34 Å². The van der Waals surface area contributed by atoms with Crippen LogP contribution in [-0.2, 0) is 7.05 Å². The van der Waals surface area contributed by atoms with E-state index in [0.717, 1.165) is 20.8 Å². The van der Waals surface area contributed by atoms with E-state index >= 15 is 0 Å². The average Bonchev–Trinajstić information content (AvgIpc) is 3.02. The van der Waals surface area contributed by atoms with Gasteiger partial charge in [0.2, 0.25) is 5.16 Å². The van der Waals surface area contributed by atoms with E-state index in [9.17, 15) is 0 Å². The van der Waals surface area contributed by atoms with Crippen molar-refractivity contribution in [1.82, 2.24) is 25.2 Å².